The molecular formula is C19H18ClN3O3. The van der Waals surface area contributed by atoms with E-state index in [4.69, 9.17) is 21.1 Å². The number of aromatic nitrogens is 2. The maximum atomic E-state index is 12.1. The molecule has 1 atom stereocenters. The van der Waals surface area contributed by atoms with E-state index in [1.54, 1.807) is 24.3 Å². The van der Waals surface area contributed by atoms with Crippen LogP contribution in [0.5, 0.6) is 5.75 Å². The number of benzene rings is 2. The molecule has 1 saturated heterocycles. The van der Waals surface area contributed by atoms with Crippen LogP contribution in [-0.4, -0.2) is 29.1 Å². The number of amides is 1. The lowest BCUT2D eigenvalue weighted by Gasteiger charge is -2.07. The van der Waals surface area contributed by atoms with Crippen LogP contribution in [0.15, 0.2) is 42.5 Å². The predicted molar refractivity (Wildman–Crippen MR) is 99.6 cm³/mol. The molecule has 2 aromatic carbocycles. The summed E-state index contributed by atoms with van der Waals surface area (Å²) in [6.45, 7) is 0.695. The van der Waals surface area contributed by atoms with Crippen LogP contribution >= 0.6 is 11.6 Å². The van der Waals surface area contributed by atoms with Crippen LogP contribution in [0.4, 0.5) is 5.69 Å². The van der Waals surface area contributed by atoms with Crippen molar-refractivity contribution in [3.63, 3.8) is 0 Å². The molecule has 1 aliphatic heterocycles. The summed E-state index contributed by atoms with van der Waals surface area (Å²) >= 11 is 5.82. The van der Waals surface area contributed by atoms with Gasteiger partial charge in [-0.15, -0.1) is 0 Å². The maximum Gasteiger partial charge on any atom is 0.262 e. The van der Waals surface area contributed by atoms with E-state index >= 15 is 0 Å². The number of hydrogen-bond donors (Lipinski definition) is 2. The quantitative estimate of drug-likeness (QED) is 0.708. The second-order valence-corrected chi connectivity index (χ2v) is 6.58. The molecule has 134 valence electrons. The minimum Gasteiger partial charge on any atom is -0.484 e. The Morgan fingerprint density at radius 3 is 2.92 bits per heavy atom. The number of carbonyl (C=O) groups is 1. The first-order valence-electron chi connectivity index (χ1n) is 8.47. The molecule has 6 nitrogen and oxygen atoms in total. The Bertz CT molecular complexity index is 917. The average molecular weight is 372 g/mol. The van der Waals surface area contributed by atoms with Gasteiger partial charge < -0.3 is 19.8 Å². The van der Waals surface area contributed by atoms with Crippen LogP contribution in [0.2, 0.25) is 5.02 Å². The molecule has 1 amide bonds. The Balaban J connectivity index is 1.39. The molecule has 0 aliphatic carbocycles. The number of anilines is 1. The van der Waals surface area contributed by atoms with Crippen LogP contribution in [-0.2, 0) is 9.53 Å². The van der Waals surface area contributed by atoms with Crippen LogP contribution in [0.3, 0.4) is 0 Å². The summed E-state index contributed by atoms with van der Waals surface area (Å²) < 4.78 is 11.1. The third kappa shape index (κ3) is 3.81. The molecule has 7 heteroatoms. The van der Waals surface area contributed by atoms with Crippen molar-refractivity contribution in [3.05, 3.63) is 53.3 Å². The highest BCUT2D eigenvalue weighted by molar-refractivity contribution is 6.30. The number of aromatic amines is 1. The lowest BCUT2D eigenvalue weighted by atomic mass is 10.2. The Labute approximate surface area is 155 Å². The molecule has 0 spiro atoms. The lowest BCUT2D eigenvalue weighted by Crippen LogP contribution is -2.20. The summed E-state index contributed by atoms with van der Waals surface area (Å²) in [7, 11) is 0. The summed E-state index contributed by atoms with van der Waals surface area (Å²) in [6.07, 6.45) is 2.07. The number of hydrogen-bond acceptors (Lipinski definition) is 4. The van der Waals surface area contributed by atoms with E-state index in [1.165, 1.54) is 0 Å². The van der Waals surface area contributed by atoms with E-state index < -0.39 is 0 Å². The SMILES string of the molecule is O=C(COc1ccc(Cl)cc1)Nc1ccc2nc([C@@H]3CCCO3)[nH]c2c1. The molecule has 26 heavy (non-hydrogen) atoms. The normalized spacial score (nSPS) is 16.7. The van der Waals surface area contributed by atoms with Gasteiger partial charge in [0.15, 0.2) is 6.61 Å². The van der Waals surface area contributed by atoms with Crippen LogP contribution in [0.25, 0.3) is 11.0 Å². The molecule has 0 saturated carbocycles. The van der Waals surface area contributed by atoms with Gasteiger partial charge >= 0.3 is 0 Å². The fraction of sp³-hybridized carbons (Fsp3) is 0.263. The molecule has 4 rings (SSSR count). The largest absolute Gasteiger partial charge is 0.484 e. The van der Waals surface area contributed by atoms with Gasteiger partial charge in [0, 0.05) is 17.3 Å². The van der Waals surface area contributed by atoms with E-state index in [2.05, 4.69) is 15.3 Å². The third-order valence-electron chi connectivity index (χ3n) is 4.20. The zero-order chi connectivity index (χ0) is 17.9. The van der Waals surface area contributed by atoms with E-state index in [9.17, 15) is 4.79 Å². The van der Waals surface area contributed by atoms with Gasteiger partial charge in [-0.2, -0.15) is 0 Å². The molecule has 2 N–H and O–H groups in total. The highest BCUT2D eigenvalue weighted by Crippen LogP contribution is 2.28. The van der Waals surface area contributed by atoms with Crippen LogP contribution in [0.1, 0.15) is 24.8 Å². The molecule has 0 bridgehead atoms. The second-order valence-electron chi connectivity index (χ2n) is 6.15. The van der Waals surface area contributed by atoms with Crippen molar-refractivity contribution in [1.82, 2.24) is 9.97 Å². The first kappa shape index (κ1) is 16.9. The van der Waals surface area contributed by atoms with Crippen molar-refractivity contribution in [3.8, 4) is 5.75 Å². The fourth-order valence-electron chi connectivity index (χ4n) is 2.93. The maximum absolute atomic E-state index is 12.1. The van der Waals surface area contributed by atoms with E-state index in [-0.39, 0.29) is 18.6 Å². The summed E-state index contributed by atoms with van der Waals surface area (Å²) in [5.41, 5.74) is 2.41. The van der Waals surface area contributed by atoms with Gasteiger partial charge in [0.2, 0.25) is 0 Å². The van der Waals surface area contributed by atoms with Gasteiger partial charge in [-0.1, -0.05) is 11.6 Å². The van der Waals surface area contributed by atoms with Gasteiger partial charge in [-0.3, -0.25) is 4.79 Å². The summed E-state index contributed by atoms with van der Waals surface area (Å²) in [6, 6.07) is 12.4. The van der Waals surface area contributed by atoms with Crippen LogP contribution < -0.4 is 10.1 Å². The lowest BCUT2D eigenvalue weighted by molar-refractivity contribution is -0.118. The van der Waals surface area contributed by atoms with Gasteiger partial charge in [-0.05, 0) is 55.3 Å². The number of H-pyrrole nitrogens is 1. The van der Waals surface area contributed by atoms with Crippen molar-refractivity contribution in [2.24, 2.45) is 0 Å². The standard InChI is InChI=1S/C19H18ClN3O3/c20-12-3-6-14(7-4-12)26-11-18(24)21-13-5-8-15-16(10-13)23-19(22-15)17-2-1-9-25-17/h3-8,10,17H,1-2,9,11H2,(H,21,24)(H,22,23)/t17-/m0/s1. The average Bonchev–Trinajstić information content (AvgIpc) is 3.30. The number of imidazole rings is 1. The first-order valence-corrected chi connectivity index (χ1v) is 8.85. The monoisotopic (exact) mass is 371 g/mol. The number of rotatable bonds is 5. The van der Waals surface area contributed by atoms with Gasteiger partial charge in [0.25, 0.3) is 5.91 Å². The fourth-order valence-corrected chi connectivity index (χ4v) is 3.06. The molecule has 0 radical (unpaired) electrons. The Kier molecular flexibility index (Phi) is 4.77. The minimum absolute atomic E-state index is 0.0354. The van der Waals surface area contributed by atoms with Crippen molar-refractivity contribution >= 4 is 34.2 Å². The van der Waals surface area contributed by atoms with Crippen molar-refractivity contribution in [2.75, 3.05) is 18.5 Å². The molecule has 1 fully saturated rings. The molecule has 1 aromatic heterocycles. The number of nitrogens with one attached hydrogen (secondary N) is 2. The number of carbonyl (C=O) groups excluding carboxylic acids is 1. The molecule has 3 aromatic rings. The summed E-state index contributed by atoms with van der Waals surface area (Å²) in [5.74, 6) is 1.19. The molecule has 2 heterocycles. The number of ether oxygens (including phenoxy) is 2. The highest BCUT2D eigenvalue weighted by atomic mass is 35.5. The van der Waals surface area contributed by atoms with Crippen molar-refractivity contribution in [2.45, 2.75) is 18.9 Å². The topological polar surface area (TPSA) is 76.2 Å². The number of fused-ring (bicyclic) bond motifs is 1. The predicted octanol–water partition coefficient (Wildman–Crippen LogP) is 4.09. The Morgan fingerprint density at radius 1 is 1.31 bits per heavy atom. The van der Waals surface area contributed by atoms with Crippen molar-refractivity contribution in [1.29, 1.82) is 0 Å². The van der Waals surface area contributed by atoms with Gasteiger partial charge in [0.1, 0.15) is 17.7 Å². The number of nitrogens with zero attached hydrogens (tertiary/aromatic N) is 1. The smallest absolute Gasteiger partial charge is 0.262 e. The third-order valence-corrected chi connectivity index (χ3v) is 4.45. The van der Waals surface area contributed by atoms with E-state index in [0.717, 1.165) is 36.3 Å². The Hall–Kier alpha value is -2.57. The Morgan fingerprint density at radius 2 is 2.15 bits per heavy atom. The second kappa shape index (κ2) is 7.35. The zero-order valence-corrected chi connectivity index (χ0v) is 14.8. The van der Waals surface area contributed by atoms with Gasteiger partial charge in [0.05, 0.1) is 11.0 Å². The van der Waals surface area contributed by atoms with E-state index in [0.29, 0.717) is 16.5 Å². The molecule has 0 unspecified atom stereocenters. The van der Waals surface area contributed by atoms with Crippen molar-refractivity contribution < 1.29 is 14.3 Å². The molecule has 1 aliphatic rings. The first-order chi connectivity index (χ1) is 12.7. The summed E-state index contributed by atoms with van der Waals surface area (Å²) in [4.78, 5) is 19.9. The summed E-state index contributed by atoms with van der Waals surface area (Å²) in [5, 5.41) is 3.45. The number of halogens is 1. The molecular weight excluding hydrogens is 354 g/mol. The zero-order valence-electron chi connectivity index (χ0n) is 14.0. The minimum atomic E-state index is -0.238. The van der Waals surface area contributed by atoms with E-state index in [1.807, 2.05) is 18.2 Å². The van der Waals surface area contributed by atoms with Gasteiger partial charge in [-0.25, -0.2) is 4.98 Å². The van der Waals surface area contributed by atoms with Crippen LogP contribution in [0, 0.1) is 0 Å². The highest BCUT2D eigenvalue weighted by Gasteiger charge is 2.21.